The van der Waals surface area contributed by atoms with E-state index in [0.29, 0.717) is 18.0 Å². The molecule has 2 aromatic carbocycles. The molecule has 0 spiro atoms. The summed E-state index contributed by atoms with van der Waals surface area (Å²) in [5.41, 5.74) is 6.99. The third-order valence-corrected chi connectivity index (χ3v) is 5.29. The Labute approximate surface area is 183 Å². The Kier molecular flexibility index (Phi) is 6.61. The number of carbonyl (C=O) groups excluding carboxylic acids is 1. The highest BCUT2D eigenvalue weighted by molar-refractivity contribution is 6.09. The number of anilines is 1. The molecule has 5 heteroatoms. The number of aromatic nitrogens is 1. The normalized spacial score (nSPS) is 11.2. The van der Waals surface area contributed by atoms with Crippen molar-refractivity contribution in [3.8, 4) is 17.5 Å². The topological polar surface area (TPSA) is 67.0 Å². The van der Waals surface area contributed by atoms with Crippen LogP contribution in [0.2, 0.25) is 0 Å². The van der Waals surface area contributed by atoms with E-state index in [4.69, 9.17) is 4.74 Å². The van der Waals surface area contributed by atoms with E-state index in [2.05, 4.69) is 41.9 Å². The van der Waals surface area contributed by atoms with Gasteiger partial charge in [-0.05, 0) is 87.7 Å². The third kappa shape index (κ3) is 4.87. The van der Waals surface area contributed by atoms with Crippen molar-refractivity contribution < 1.29 is 9.53 Å². The molecule has 1 heterocycles. The SMILES string of the molecule is CCOc1cccc(NC(=O)/C(C#N)=C\c2cc(C)n(-c3ccc(C)c(C)c3)c2C)c1. The van der Waals surface area contributed by atoms with Crippen molar-refractivity contribution in [3.05, 3.63) is 82.2 Å². The lowest BCUT2D eigenvalue weighted by Crippen LogP contribution is -2.13. The fraction of sp³-hybridized carbons (Fsp3) is 0.231. The molecule has 0 radical (unpaired) electrons. The summed E-state index contributed by atoms with van der Waals surface area (Å²) < 4.78 is 7.60. The molecule has 31 heavy (non-hydrogen) atoms. The van der Waals surface area contributed by atoms with Crippen LogP contribution in [0.5, 0.6) is 5.75 Å². The molecule has 158 valence electrons. The highest BCUT2D eigenvalue weighted by Crippen LogP contribution is 2.25. The van der Waals surface area contributed by atoms with Gasteiger partial charge in [-0.1, -0.05) is 12.1 Å². The van der Waals surface area contributed by atoms with Gasteiger partial charge in [-0.15, -0.1) is 0 Å². The van der Waals surface area contributed by atoms with Gasteiger partial charge in [0.25, 0.3) is 5.91 Å². The summed E-state index contributed by atoms with van der Waals surface area (Å²) in [5.74, 6) is 0.215. The van der Waals surface area contributed by atoms with E-state index in [1.165, 1.54) is 11.1 Å². The molecule has 3 aromatic rings. The Hall–Kier alpha value is -3.78. The molecule has 1 aromatic heterocycles. The van der Waals surface area contributed by atoms with E-state index >= 15 is 0 Å². The van der Waals surface area contributed by atoms with Crippen LogP contribution >= 0.6 is 0 Å². The molecule has 0 aliphatic rings. The summed E-state index contributed by atoms with van der Waals surface area (Å²) in [6.07, 6.45) is 1.64. The zero-order valence-corrected chi connectivity index (χ0v) is 18.6. The van der Waals surface area contributed by atoms with Gasteiger partial charge in [0.15, 0.2) is 0 Å². The lowest BCUT2D eigenvalue weighted by Gasteiger charge is -2.12. The molecular formula is C26H27N3O2. The Morgan fingerprint density at radius 2 is 1.87 bits per heavy atom. The quantitative estimate of drug-likeness (QED) is 0.419. The summed E-state index contributed by atoms with van der Waals surface area (Å²) in [5, 5.41) is 12.4. The Morgan fingerprint density at radius 1 is 1.10 bits per heavy atom. The van der Waals surface area contributed by atoms with Gasteiger partial charge in [-0.3, -0.25) is 4.79 Å². The first kappa shape index (κ1) is 21.9. The summed E-state index contributed by atoms with van der Waals surface area (Å²) >= 11 is 0. The van der Waals surface area contributed by atoms with E-state index in [-0.39, 0.29) is 5.57 Å². The predicted molar refractivity (Wildman–Crippen MR) is 125 cm³/mol. The molecule has 0 saturated heterocycles. The fourth-order valence-corrected chi connectivity index (χ4v) is 3.53. The maximum absolute atomic E-state index is 12.7. The number of carbonyl (C=O) groups is 1. The van der Waals surface area contributed by atoms with Crippen molar-refractivity contribution in [1.82, 2.24) is 4.57 Å². The van der Waals surface area contributed by atoms with Crippen LogP contribution in [0.4, 0.5) is 5.69 Å². The largest absolute Gasteiger partial charge is 0.494 e. The predicted octanol–water partition coefficient (Wildman–Crippen LogP) is 5.66. The van der Waals surface area contributed by atoms with E-state index in [9.17, 15) is 10.1 Å². The van der Waals surface area contributed by atoms with Crippen LogP contribution in [0.25, 0.3) is 11.8 Å². The fourth-order valence-electron chi connectivity index (χ4n) is 3.53. The number of nitrogens with zero attached hydrogens (tertiary/aromatic N) is 2. The summed E-state index contributed by atoms with van der Waals surface area (Å²) in [6, 6.07) is 17.5. The summed E-state index contributed by atoms with van der Waals surface area (Å²) in [6.45, 7) is 10.6. The van der Waals surface area contributed by atoms with Crippen LogP contribution in [0.3, 0.4) is 0 Å². The lowest BCUT2D eigenvalue weighted by molar-refractivity contribution is -0.112. The van der Waals surface area contributed by atoms with Gasteiger partial charge < -0.3 is 14.6 Å². The number of hydrogen-bond donors (Lipinski definition) is 1. The van der Waals surface area contributed by atoms with Crippen LogP contribution in [0.15, 0.2) is 54.1 Å². The van der Waals surface area contributed by atoms with Gasteiger partial charge in [-0.2, -0.15) is 5.26 Å². The van der Waals surface area contributed by atoms with Gasteiger partial charge in [0.05, 0.1) is 6.61 Å². The molecule has 0 atom stereocenters. The van der Waals surface area contributed by atoms with Crippen molar-refractivity contribution in [3.63, 3.8) is 0 Å². The first-order valence-corrected chi connectivity index (χ1v) is 10.3. The van der Waals surface area contributed by atoms with Crippen molar-refractivity contribution in [2.24, 2.45) is 0 Å². The first-order valence-electron chi connectivity index (χ1n) is 10.3. The average molecular weight is 414 g/mol. The molecule has 1 amide bonds. The molecule has 0 aliphatic carbocycles. The molecule has 0 bridgehead atoms. The highest BCUT2D eigenvalue weighted by atomic mass is 16.5. The second-order valence-electron chi connectivity index (χ2n) is 7.52. The highest BCUT2D eigenvalue weighted by Gasteiger charge is 2.14. The van der Waals surface area contributed by atoms with Crippen molar-refractivity contribution in [1.29, 1.82) is 5.26 Å². The maximum atomic E-state index is 12.7. The molecule has 0 saturated carbocycles. The van der Waals surface area contributed by atoms with Crippen molar-refractivity contribution in [2.45, 2.75) is 34.6 Å². The standard InChI is InChI=1S/C26H27N3O2/c1-6-31-25-9-7-8-23(15-25)28-26(30)22(16-27)14-21-13-19(4)29(20(21)5)24-11-10-17(2)18(3)12-24/h7-15H,6H2,1-5H3,(H,28,30)/b22-14-. The molecular weight excluding hydrogens is 386 g/mol. The van der Waals surface area contributed by atoms with Gasteiger partial charge >= 0.3 is 0 Å². The molecule has 3 rings (SSSR count). The second-order valence-corrected chi connectivity index (χ2v) is 7.52. The van der Waals surface area contributed by atoms with Crippen molar-refractivity contribution >= 4 is 17.7 Å². The van der Waals surface area contributed by atoms with Gasteiger partial charge in [0.1, 0.15) is 17.4 Å². The van der Waals surface area contributed by atoms with E-state index in [1.54, 1.807) is 24.3 Å². The van der Waals surface area contributed by atoms with Gasteiger partial charge in [-0.25, -0.2) is 0 Å². The number of benzene rings is 2. The van der Waals surface area contributed by atoms with E-state index in [1.807, 2.05) is 39.0 Å². The molecule has 1 N–H and O–H groups in total. The monoisotopic (exact) mass is 413 g/mol. The van der Waals surface area contributed by atoms with Crippen LogP contribution in [0, 0.1) is 39.0 Å². The van der Waals surface area contributed by atoms with Gasteiger partial charge in [0, 0.05) is 28.8 Å². The minimum atomic E-state index is -0.452. The number of aryl methyl sites for hydroxylation is 3. The first-order chi connectivity index (χ1) is 14.8. The summed E-state index contributed by atoms with van der Waals surface area (Å²) in [4.78, 5) is 12.7. The number of nitriles is 1. The third-order valence-electron chi connectivity index (χ3n) is 5.29. The minimum Gasteiger partial charge on any atom is -0.494 e. The van der Waals surface area contributed by atoms with E-state index < -0.39 is 5.91 Å². The van der Waals surface area contributed by atoms with Crippen molar-refractivity contribution in [2.75, 3.05) is 11.9 Å². The number of rotatable bonds is 6. The Balaban J connectivity index is 1.90. The van der Waals surface area contributed by atoms with Crippen LogP contribution < -0.4 is 10.1 Å². The molecule has 0 unspecified atom stereocenters. The lowest BCUT2D eigenvalue weighted by atomic mass is 10.1. The minimum absolute atomic E-state index is 0.0437. The number of amides is 1. The zero-order chi connectivity index (χ0) is 22.5. The van der Waals surface area contributed by atoms with Gasteiger partial charge in [0.2, 0.25) is 0 Å². The molecule has 0 aliphatic heterocycles. The molecule has 0 fully saturated rings. The Morgan fingerprint density at radius 3 is 2.55 bits per heavy atom. The van der Waals surface area contributed by atoms with Crippen LogP contribution in [-0.2, 0) is 4.79 Å². The average Bonchev–Trinajstić information content (AvgIpc) is 3.01. The summed E-state index contributed by atoms with van der Waals surface area (Å²) in [7, 11) is 0. The number of nitrogens with one attached hydrogen (secondary N) is 1. The second kappa shape index (κ2) is 9.36. The molecule has 5 nitrogen and oxygen atoms in total. The van der Waals surface area contributed by atoms with Crippen LogP contribution in [-0.4, -0.2) is 17.1 Å². The number of hydrogen-bond acceptors (Lipinski definition) is 3. The Bertz CT molecular complexity index is 1200. The smallest absolute Gasteiger partial charge is 0.266 e. The number of ether oxygens (including phenoxy) is 1. The van der Waals surface area contributed by atoms with E-state index in [0.717, 1.165) is 22.6 Å². The van der Waals surface area contributed by atoms with Crippen LogP contribution in [0.1, 0.15) is 35.0 Å². The maximum Gasteiger partial charge on any atom is 0.266 e. The zero-order valence-electron chi connectivity index (χ0n) is 18.6.